The molecule has 0 fully saturated rings. The zero-order valence-corrected chi connectivity index (χ0v) is 11.8. The third kappa shape index (κ3) is 3.94. The molecular weight excluding hydrogens is 318 g/mol. The number of benzene rings is 1. The molecule has 0 aliphatic carbocycles. The maximum absolute atomic E-state index is 9.81. The van der Waals surface area contributed by atoms with E-state index in [0.717, 1.165) is 10.2 Å². The van der Waals surface area contributed by atoms with Crippen LogP contribution in [-0.2, 0) is 6.42 Å². The third-order valence-electron chi connectivity index (χ3n) is 2.28. The Morgan fingerprint density at radius 3 is 2.78 bits per heavy atom. The molecule has 0 aliphatic heterocycles. The van der Waals surface area contributed by atoms with Crippen LogP contribution in [0.15, 0.2) is 33.2 Å². The first kappa shape index (κ1) is 13.3. The summed E-state index contributed by atoms with van der Waals surface area (Å²) in [5.41, 5.74) is 0.945. The largest absolute Gasteiger partial charge is 0.414 e. The monoisotopic (exact) mass is 329 g/mol. The van der Waals surface area contributed by atoms with Crippen molar-refractivity contribution in [3.05, 3.63) is 39.5 Å². The van der Waals surface area contributed by atoms with Crippen molar-refractivity contribution in [1.82, 2.24) is 10.2 Å². The maximum Gasteiger partial charge on any atom is 0.284 e. The zero-order valence-electron chi connectivity index (χ0n) is 9.39. The van der Waals surface area contributed by atoms with Crippen LogP contribution >= 0.6 is 28.1 Å². The number of nitrogens with zero attached hydrogens (tertiary/aromatic N) is 1. The molecular formula is C11H12BrN3O2S. The van der Waals surface area contributed by atoms with Gasteiger partial charge in [0.05, 0.1) is 12.5 Å². The molecule has 2 aromatic rings. The molecule has 0 amide bonds. The van der Waals surface area contributed by atoms with Gasteiger partial charge in [-0.2, -0.15) is 0 Å². The average Bonchev–Trinajstić information content (AvgIpc) is 2.74. The van der Waals surface area contributed by atoms with Gasteiger partial charge in [-0.25, -0.2) is 5.10 Å². The van der Waals surface area contributed by atoms with E-state index in [1.54, 1.807) is 0 Å². The lowest BCUT2D eigenvalue weighted by Gasteiger charge is -2.10. The van der Waals surface area contributed by atoms with Gasteiger partial charge >= 0.3 is 0 Å². The molecule has 7 heteroatoms. The molecule has 18 heavy (non-hydrogen) atoms. The molecule has 1 heterocycles. The van der Waals surface area contributed by atoms with E-state index in [2.05, 4.69) is 31.4 Å². The zero-order chi connectivity index (χ0) is 13.0. The Labute approximate surface area is 117 Å². The topological polar surface area (TPSA) is 74.1 Å². The smallest absolute Gasteiger partial charge is 0.284 e. The first-order chi connectivity index (χ1) is 8.63. The average molecular weight is 330 g/mol. The van der Waals surface area contributed by atoms with Gasteiger partial charge in [-0.15, -0.1) is 5.10 Å². The molecule has 3 N–H and O–H groups in total. The van der Waals surface area contributed by atoms with Gasteiger partial charge in [0, 0.05) is 16.7 Å². The van der Waals surface area contributed by atoms with E-state index in [4.69, 9.17) is 16.6 Å². The quantitative estimate of drug-likeness (QED) is 0.735. The Morgan fingerprint density at radius 2 is 2.17 bits per heavy atom. The number of halogens is 1. The van der Waals surface area contributed by atoms with Gasteiger partial charge in [-0.3, -0.25) is 0 Å². The number of nitrogens with one attached hydrogen (secondary N) is 2. The van der Waals surface area contributed by atoms with Crippen molar-refractivity contribution >= 4 is 33.8 Å². The lowest BCUT2D eigenvalue weighted by molar-refractivity contribution is 0.178. The van der Waals surface area contributed by atoms with Crippen LogP contribution in [0.25, 0.3) is 0 Å². The molecule has 2 rings (SSSR count). The van der Waals surface area contributed by atoms with Crippen molar-refractivity contribution in [3.8, 4) is 0 Å². The summed E-state index contributed by atoms with van der Waals surface area (Å²) in [6, 6.07) is 7.72. The Morgan fingerprint density at radius 1 is 1.44 bits per heavy atom. The fraction of sp³-hybridized carbons (Fsp3) is 0.273. The van der Waals surface area contributed by atoms with Crippen molar-refractivity contribution in [1.29, 1.82) is 0 Å². The highest BCUT2D eigenvalue weighted by Gasteiger charge is 2.09. The number of aliphatic hydroxyl groups excluding tert-OH is 1. The van der Waals surface area contributed by atoms with Crippen molar-refractivity contribution in [2.75, 3.05) is 11.9 Å². The summed E-state index contributed by atoms with van der Waals surface area (Å²) in [6.45, 7) is 0.413. The maximum atomic E-state index is 9.81. The molecule has 0 saturated heterocycles. The molecule has 1 atom stereocenters. The van der Waals surface area contributed by atoms with Crippen molar-refractivity contribution in [2.24, 2.45) is 0 Å². The molecule has 1 aromatic carbocycles. The van der Waals surface area contributed by atoms with Gasteiger partial charge in [0.1, 0.15) is 0 Å². The number of hydrogen-bond acceptors (Lipinski definition) is 5. The molecule has 0 radical (unpaired) electrons. The summed E-state index contributed by atoms with van der Waals surface area (Å²) in [7, 11) is 0. The van der Waals surface area contributed by atoms with Gasteiger partial charge in [-0.1, -0.05) is 15.9 Å². The third-order valence-corrected chi connectivity index (χ3v) is 2.98. The molecule has 5 nitrogen and oxygen atoms in total. The number of aromatic amines is 1. The van der Waals surface area contributed by atoms with Crippen LogP contribution in [0.3, 0.4) is 0 Å². The fourth-order valence-electron chi connectivity index (χ4n) is 1.43. The normalized spacial score (nSPS) is 12.3. The van der Waals surface area contributed by atoms with E-state index in [-0.39, 0.29) is 4.84 Å². The highest BCUT2D eigenvalue weighted by Crippen LogP contribution is 2.14. The van der Waals surface area contributed by atoms with Crippen LogP contribution in [0.2, 0.25) is 0 Å². The van der Waals surface area contributed by atoms with Gasteiger partial charge in [0.25, 0.3) is 4.84 Å². The molecule has 0 aliphatic rings. The number of aromatic nitrogens is 2. The van der Waals surface area contributed by atoms with Crippen molar-refractivity contribution in [3.63, 3.8) is 0 Å². The summed E-state index contributed by atoms with van der Waals surface area (Å²) in [4.78, 5) is 0.220. The summed E-state index contributed by atoms with van der Waals surface area (Å²) < 4.78 is 6.09. The van der Waals surface area contributed by atoms with Crippen LogP contribution in [-0.4, -0.2) is 28.0 Å². The number of hydrogen-bond donors (Lipinski definition) is 3. The molecule has 0 bridgehead atoms. The first-order valence-electron chi connectivity index (χ1n) is 5.35. The Bertz CT molecular complexity index is 552. The van der Waals surface area contributed by atoms with Crippen LogP contribution < -0.4 is 5.32 Å². The van der Waals surface area contributed by atoms with E-state index < -0.39 is 6.10 Å². The predicted octanol–water partition coefficient (Wildman–Crippen LogP) is 2.51. The minimum absolute atomic E-state index is 0.220. The van der Waals surface area contributed by atoms with Crippen LogP contribution in [0.5, 0.6) is 0 Å². The van der Waals surface area contributed by atoms with E-state index >= 15 is 0 Å². The highest BCUT2D eigenvalue weighted by atomic mass is 79.9. The number of rotatable bonds is 5. The van der Waals surface area contributed by atoms with Gasteiger partial charge in [-0.05, 0) is 36.5 Å². The molecule has 0 spiro atoms. The molecule has 1 aromatic heterocycles. The number of aliphatic hydroxyl groups is 1. The fourth-order valence-corrected chi connectivity index (χ4v) is 1.83. The number of H-pyrrole nitrogens is 1. The summed E-state index contributed by atoms with van der Waals surface area (Å²) in [5.74, 6) is 0.408. The summed E-state index contributed by atoms with van der Waals surface area (Å²) in [6.07, 6.45) is -0.272. The summed E-state index contributed by atoms with van der Waals surface area (Å²) >= 11 is 8.11. The second-order valence-corrected chi connectivity index (χ2v) is 5.04. The standard InChI is InChI=1S/C11H12BrN3O2S/c12-7-1-3-8(4-2-7)13-6-9(16)5-10-14-15-11(18)17-10/h1-4,9,13,16H,5-6H2,(H,15,18). The van der Waals surface area contributed by atoms with E-state index in [0.29, 0.717) is 18.9 Å². The first-order valence-corrected chi connectivity index (χ1v) is 6.55. The second kappa shape index (κ2) is 6.12. The van der Waals surface area contributed by atoms with Crippen molar-refractivity contribution < 1.29 is 9.52 Å². The van der Waals surface area contributed by atoms with E-state index in [1.165, 1.54) is 0 Å². The Balaban J connectivity index is 1.83. The molecule has 1 unspecified atom stereocenters. The van der Waals surface area contributed by atoms with Gasteiger partial charge in [0.15, 0.2) is 0 Å². The van der Waals surface area contributed by atoms with Crippen LogP contribution in [0, 0.1) is 4.84 Å². The van der Waals surface area contributed by atoms with Crippen molar-refractivity contribution in [2.45, 2.75) is 12.5 Å². The Hall–Kier alpha value is -1.18. The lowest BCUT2D eigenvalue weighted by Crippen LogP contribution is -2.22. The van der Waals surface area contributed by atoms with E-state index in [1.807, 2.05) is 24.3 Å². The molecule has 0 saturated carbocycles. The Kier molecular flexibility index (Phi) is 4.51. The minimum Gasteiger partial charge on any atom is -0.414 e. The predicted molar refractivity (Wildman–Crippen MR) is 74.0 cm³/mol. The van der Waals surface area contributed by atoms with Crippen LogP contribution in [0.4, 0.5) is 5.69 Å². The lowest BCUT2D eigenvalue weighted by atomic mass is 10.2. The SMILES string of the molecule is OC(CNc1ccc(Br)cc1)Cc1n[nH]c(=S)o1. The minimum atomic E-state index is -0.588. The highest BCUT2D eigenvalue weighted by molar-refractivity contribution is 9.10. The number of anilines is 1. The van der Waals surface area contributed by atoms with Gasteiger partial charge < -0.3 is 14.8 Å². The van der Waals surface area contributed by atoms with E-state index in [9.17, 15) is 5.11 Å². The molecule has 96 valence electrons. The summed E-state index contributed by atoms with van der Waals surface area (Å²) in [5, 5.41) is 19.3. The second-order valence-electron chi connectivity index (χ2n) is 3.75. The van der Waals surface area contributed by atoms with Crippen LogP contribution in [0.1, 0.15) is 5.89 Å². The van der Waals surface area contributed by atoms with Gasteiger partial charge in [0.2, 0.25) is 5.89 Å².